The van der Waals surface area contributed by atoms with E-state index in [1.54, 1.807) is 13.8 Å². The molecule has 2 N–H and O–H groups in total. The molecule has 0 aromatic rings. The number of likely N-dealkylation sites (tertiary alicyclic amines) is 1. The third-order valence-corrected chi connectivity index (χ3v) is 3.03. The van der Waals surface area contributed by atoms with Crippen LogP contribution in [-0.4, -0.2) is 54.5 Å². The second-order valence-electron chi connectivity index (χ2n) is 5.21. The van der Waals surface area contributed by atoms with E-state index in [0.29, 0.717) is 6.04 Å². The van der Waals surface area contributed by atoms with Crippen molar-refractivity contribution < 1.29 is 4.79 Å². The van der Waals surface area contributed by atoms with E-state index in [9.17, 15) is 4.79 Å². The maximum Gasteiger partial charge on any atom is 0.242 e. The lowest BCUT2D eigenvalue weighted by Crippen LogP contribution is -2.54. The molecular weight excluding hydrogens is 190 g/mol. The summed E-state index contributed by atoms with van der Waals surface area (Å²) in [5.74, 6) is 0.0692. The molecule has 0 unspecified atom stereocenters. The number of piperidine rings is 1. The van der Waals surface area contributed by atoms with Crippen molar-refractivity contribution in [2.45, 2.75) is 38.3 Å². The van der Waals surface area contributed by atoms with Gasteiger partial charge < -0.3 is 15.5 Å². The average molecular weight is 213 g/mol. The number of nitrogens with zero attached hydrogens (tertiary/aromatic N) is 2. The highest BCUT2D eigenvalue weighted by Gasteiger charge is 2.31. The highest BCUT2D eigenvalue weighted by molar-refractivity contribution is 5.85. The van der Waals surface area contributed by atoms with Gasteiger partial charge in [0, 0.05) is 19.1 Å². The van der Waals surface area contributed by atoms with Gasteiger partial charge in [-0.15, -0.1) is 0 Å². The van der Waals surface area contributed by atoms with Crippen molar-refractivity contribution in [2.75, 3.05) is 27.2 Å². The number of carbonyl (C=O) groups is 1. The first-order valence-corrected chi connectivity index (χ1v) is 5.57. The van der Waals surface area contributed by atoms with Gasteiger partial charge in [-0.25, -0.2) is 0 Å². The summed E-state index contributed by atoms with van der Waals surface area (Å²) in [6.07, 6.45) is 2.10. The molecule has 15 heavy (non-hydrogen) atoms. The first kappa shape index (κ1) is 12.5. The second-order valence-corrected chi connectivity index (χ2v) is 5.21. The van der Waals surface area contributed by atoms with E-state index < -0.39 is 5.54 Å². The molecule has 0 saturated carbocycles. The van der Waals surface area contributed by atoms with Crippen LogP contribution >= 0.6 is 0 Å². The Hall–Kier alpha value is -0.610. The Morgan fingerprint density at radius 3 is 2.13 bits per heavy atom. The minimum absolute atomic E-state index is 0.0692. The fourth-order valence-corrected chi connectivity index (χ4v) is 1.99. The molecule has 0 atom stereocenters. The van der Waals surface area contributed by atoms with Gasteiger partial charge in [0.05, 0.1) is 5.54 Å². The van der Waals surface area contributed by atoms with Gasteiger partial charge in [-0.1, -0.05) is 0 Å². The predicted octanol–water partition coefficient (Wildman–Crippen LogP) is 0.276. The molecule has 4 heteroatoms. The van der Waals surface area contributed by atoms with Crippen molar-refractivity contribution in [2.24, 2.45) is 5.73 Å². The number of rotatable bonds is 2. The Labute approximate surface area is 92.4 Å². The van der Waals surface area contributed by atoms with E-state index in [1.807, 2.05) is 4.90 Å². The van der Waals surface area contributed by atoms with Crippen LogP contribution in [0.15, 0.2) is 0 Å². The third kappa shape index (κ3) is 3.18. The van der Waals surface area contributed by atoms with Gasteiger partial charge in [-0.2, -0.15) is 0 Å². The van der Waals surface area contributed by atoms with E-state index in [1.165, 1.54) is 0 Å². The van der Waals surface area contributed by atoms with Gasteiger partial charge in [0.15, 0.2) is 0 Å². The van der Waals surface area contributed by atoms with Crippen LogP contribution < -0.4 is 5.73 Å². The molecule has 0 bridgehead atoms. The van der Waals surface area contributed by atoms with Gasteiger partial charge in [0.25, 0.3) is 0 Å². The number of carbonyl (C=O) groups excluding carboxylic acids is 1. The molecule has 1 aliphatic heterocycles. The Balaban J connectivity index is 2.48. The largest absolute Gasteiger partial charge is 0.341 e. The lowest BCUT2D eigenvalue weighted by atomic mass is 10.00. The summed E-state index contributed by atoms with van der Waals surface area (Å²) in [5, 5.41) is 0. The first-order chi connectivity index (χ1) is 6.82. The minimum atomic E-state index is -0.731. The zero-order chi connectivity index (χ0) is 11.6. The molecule has 88 valence electrons. The maximum atomic E-state index is 11.9. The van der Waals surface area contributed by atoms with Crippen LogP contribution in [-0.2, 0) is 4.79 Å². The lowest BCUT2D eigenvalue weighted by molar-refractivity contribution is -0.137. The number of hydrogen-bond acceptors (Lipinski definition) is 3. The molecule has 4 nitrogen and oxygen atoms in total. The van der Waals surface area contributed by atoms with E-state index in [0.717, 1.165) is 25.9 Å². The molecule has 1 amide bonds. The van der Waals surface area contributed by atoms with Crippen molar-refractivity contribution in [3.05, 3.63) is 0 Å². The summed E-state index contributed by atoms with van der Waals surface area (Å²) in [6.45, 7) is 5.21. The molecule has 0 aromatic heterocycles. The Bertz CT molecular complexity index is 224. The average Bonchev–Trinajstić information content (AvgIpc) is 2.15. The molecule has 1 saturated heterocycles. The maximum absolute atomic E-state index is 11.9. The zero-order valence-electron chi connectivity index (χ0n) is 10.3. The highest BCUT2D eigenvalue weighted by atomic mass is 16.2. The normalized spacial score (nSPS) is 19.7. The van der Waals surface area contributed by atoms with Crippen molar-refractivity contribution in [1.82, 2.24) is 9.80 Å². The minimum Gasteiger partial charge on any atom is -0.341 e. The highest BCUT2D eigenvalue weighted by Crippen LogP contribution is 2.16. The van der Waals surface area contributed by atoms with E-state index in [-0.39, 0.29) is 5.91 Å². The first-order valence-electron chi connectivity index (χ1n) is 5.57. The molecule has 0 aliphatic carbocycles. The SMILES string of the molecule is CN(C)C1CCN(C(=O)C(C)(C)N)CC1. The fraction of sp³-hybridized carbons (Fsp3) is 0.909. The quantitative estimate of drug-likeness (QED) is 0.716. The summed E-state index contributed by atoms with van der Waals surface area (Å²) in [4.78, 5) is 16.0. The van der Waals surface area contributed by atoms with Gasteiger partial charge in [0.2, 0.25) is 5.91 Å². The van der Waals surface area contributed by atoms with Crippen LogP contribution in [0.2, 0.25) is 0 Å². The predicted molar refractivity (Wildman–Crippen MR) is 61.6 cm³/mol. The number of hydrogen-bond donors (Lipinski definition) is 1. The zero-order valence-corrected chi connectivity index (χ0v) is 10.3. The Morgan fingerprint density at radius 2 is 1.80 bits per heavy atom. The molecule has 1 rings (SSSR count). The van der Waals surface area contributed by atoms with Crippen molar-refractivity contribution in [1.29, 1.82) is 0 Å². The van der Waals surface area contributed by atoms with Crippen LogP contribution in [0.25, 0.3) is 0 Å². The van der Waals surface area contributed by atoms with Crippen LogP contribution in [0.3, 0.4) is 0 Å². The molecule has 0 aromatic carbocycles. The standard InChI is InChI=1S/C11H23N3O/c1-11(2,12)10(15)14-7-5-9(6-8-14)13(3)4/h9H,5-8,12H2,1-4H3. The number of amides is 1. The van der Waals surface area contributed by atoms with E-state index in [2.05, 4.69) is 19.0 Å². The summed E-state index contributed by atoms with van der Waals surface area (Å²) in [7, 11) is 4.18. The van der Waals surface area contributed by atoms with Gasteiger partial charge in [0.1, 0.15) is 0 Å². The van der Waals surface area contributed by atoms with Crippen LogP contribution in [0.4, 0.5) is 0 Å². The van der Waals surface area contributed by atoms with Crippen LogP contribution in [0.1, 0.15) is 26.7 Å². The van der Waals surface area contributed by atoms with Crippen molar-refractivity contribution >= 4 is 5.91 Å². The van der Waals surface area contributed by atoms with Crippen LogP contribution in [0.5, 0.6) is 0 Å². The van der Waals surface area contributed by atoms with Crippen molar-refractivity contribution in [3.8, 4) is 0 Å². The Kier molecular flexibility index (Phi) is 3.73. The topological polar surface area (TPSA) is 49.6 Å². The molecule has 1 fully saturated rings. The number of nitrogens with two attached hydrogens (primary N) is 1. The lowest BCUT2D eigenvalue weighted by Gasteiger charge is -2.37. The van der Waals surface area contributed by atoms with E-state index >= 15 is 0 Å². The van der Waals surface area contributed by atoms with Gasteiger partial charge >= 0.3 is 0 Å². The Morgan fingerprint density at radius 1 is 1.33 bits per heavy atom. The van der Waals surface area contributed by atoms with Gasteiger partial charge in [-0.3, -0.25) is 4.79 Å². The second kappa shape index (κ2) is 4.49. The molecule has 0 radical (unpaired) electrons. The summed E-state index contributed by atoms with van der Waals surface area (Å²) >= 11 is 0. The molecule has 1 heterocycles. The smallest absolute Gasteiger partial charge is 0.242 e. The van der Waals surface area contributed by atoms with E-state index in [4.69, 9.17) is 5.73 Å². The fourth-order valence-electron chi connectivity index (χ4n) is 1.99. The van der Waals surface area contributed by atoms with Gasteiger partial charge in [-0.05, 0) is 40.8 Å². The summed E-state index contributed by atoms with van der Waals surface area (Å²) in [6, 6.07) is 0.606. The van der Waals surface area contributed by atoms with Crippen LogP contribution in [0, 0.1) is 0 Å². The summed E-state index contributed by atoms with van der Waals surface area (Å²) in [5.41, 5.74) is 5.07. The molecular formula is C11H23N3O. The monoisotopic (exact) mass is 213 g/mol. The third-order valence-electron chi connectivity index (χ3n) is 3.03. The molecule has 1 aliphatic rings. The van der Waals surface area contributed by atoms with Crippen molar-refractivity contribution in [3.63, 3.8) is 0 Å². The molecule has 0 spiro atoms. The summed E-state index contributed by atoms with van der Waals surface area (Å²) < 4.78 is 0.